The monoisotopic (exact) mass is 352 g/mol. The van der Waals surface area contributed by atoms with Gasteiger partial charge in [-0.3, -0.25) is 4.79 Å². The number of phenolic OH excluding ortho intramolecular Hbond substituents is 1. The summed E-state index contributed by atoms with van der Waals surface area (Å²) in [5.74, 6) is -3.19. The second kappa shape index (κ2) is 6.70. The fourth-order valence-electron chi connectivity index (χ4n) is 2.60. The molecule has 0 bridgehead atoms. The molecule has 0 fully saturated rings. The average molecular weight is 352 g/mol. The number of rotatable bonds is 3. The third-order valence-corrected chi connectivity index (χ3v) is 3.63. The zero-order valence-electron chi connectivity index (χ0n) is 14.7. The maximum Gasteiger partial charge on any atom is 0.341 e. The summed E-state index contributed by atoms with van der Waals surface area (Å²) in [7, 11) is 1.27. The summed E-state index contributed by atoms with van der Waals surface area (Å²) in [5, 5.41) is 12.2. The van der Waals surface area contributed by atoms with E-state index in [1.807, 2.05) is 0 Å². The van der Waals surface area contributed by atoms with E-state index in [0.717, 1.165) is 6.07 Å². The first-order chi connectivity index (χ1) is 11.5. The normalized spacial score (nSPS) is 20.6. The maximum atomic E-state index is 14.0. The van der Waals surface area contributed by atoms with Gasteiger partial charge < -0.3 is 19.9 Å². The summed E-state index contributed by atoms with van der Waals surface area (Å²) >= 11 is 0. The van der Waals surface area contributed by atoms with Crippen molar-refractivity contribution in [1.82, 2.24) is 5.32 Å². The molecule has 1 aliphatic rings. The summed E-state index contributed by atoms with van der Waals surface area (Å²) in [6, 6.07) is 0.858. The number of hydrogen-bond acceptors (Lipinski definition) is 5. The van der Waals surface area contributed by atoms with Crippen LogP contribution >= 0.6 is 0 Å². The van der Waals surface area contributed by atoms with E-state index in [-0.39, 0.29) is 17.0 Å². The molecule has 0 spiro atoms. The molecule has 1 aliphatic heterocycles. The average Bonchev–Trinajstić information content (AvgIpc) is 2.47. The highest BCUT2D eigenvalue weighted by atomic mass is 19.1. The van der Waals surface area contributed by atoms with E-state index in [0.29, 0.717) is 0 Å². The molecule has 2 unspecified atom stereocenters. The largest absolute Gasteiger partial charge is 0.502 e. The van der Waals surface area contributed by atoms with Crippen LogP contribution in [0, 0.1) is 11.7 Å². The molecule has 25 heavy (non-hydrogen) atoms. The number of phenols is 1. The van der Waals surface area contributed by atoms with Crippen LogP contribution in [0.3, 0.4) is 0 Å². The minimum absolute atomic E-state index is 0.104. The van der Waals surface area contributed by atoms with Gasteiger partial charge in [-0.1, -0.05) is 0 Å². The van der Waals surface area contributed by atoms with Crippen molar-refractivity contribution in [3.05, 3.63) is 23.5 Å². The first-order valence-corrected chi connectivity index (χ1v) is 7.68. The van der Waals surface area contributed by atoms with Crippen molar-refractivity contribution in [2.75, 3.05) is 7.11 Å². The first kappa shape index (κ1) is 18.7. The van der Waals surface area contributed by atoms with Gasteiger partial charge in [0.2, 0.25) is 0 Å². The lowest BCUT2D eigenvalue weighted by atomic mass is 9.88. The Hall–Kier alpha value is -2.64. The molecular weight excluding hydrogens is 331 g/mol. The Balaban J connectivity index is 2.49. The van der Waals surface area contributed by atoms with Crippen LogP contribution < -0.4 is 10.1 Å². The molecule has 2 amide bonds. The van der Waals surface area contributed by atoms with Gasteiger partial charge in [0.15, 0.2) is 17.3 Å². The Morgan fingerprint density at radius 1 is 1.36 bits per heavy atom. The van der Waals surface area contributed by atoms with E-state index >= 15 is 0 Å². The summed E-state index contributed by atoms with van der Waals surface area (Å²) in [5.41, 5.74) is -0.220. The molecule has 1 aromatic carbocycles. The number of carbonyl (C=O) groups excluding carboxylic acids is 2. The molecule has 7 nitrogen and oxygen atoms in total. The lowest BCUT2D eigenvalue weighted by molar-refractivity contribution is -0.158. The number of ether oxygens (including phenoxy) is 2. The van der Waals surface area contributed by atoms with E-state index in [2.05, 4.69) is 10.3 Å². The van der Waals surface area contributed by atoms with Crippen molar-refractivity contribution in [3.8, 4) is 11.5 Å². The summed E-state index contributed by atoms with van der Waals surface area (Å²) in [6.07, 6.45) is 0. The molecule has 1 aromatic rings. The molecule has 2 N–H and O–H groups in total. The lowest BCUT2D eigenvalue weighted by Gasteiger charge is -2.32. The first-order valence-electron chi connectivity index (χ1n) is 7.68. The predicted molar refractivity (Wildman–Crippen MR) is 88.3 cm³/mol. The molecule has 0 radical (unpaired) electrons. The predicted octanol–water partition coefficient (Wildman–Crippen LogP) is 2.72. The van der Waals surface area contributed by atoms with E-state index in [1.165, 1.54) is 20.1 Å². The number of halogens is 1. The molecule has 0 aliphatic carbocycles. The minimum atomic E-state index is -0.925. The SMILES string of the molecule is COc1cc(C2NC(=O)N=C(C)C2C(=O)OC(C)(C)C)cc(F)c1O. The number of nitrogens with one attached hydrogen (secondary N) is 1. The van der Waals surface area contributed by atoms with Crippen molar-refractivity contribution >= 4 is 17.7 Å². The van der Waals surface area contributed by atoms with E-state index in [1.54, 1.807) is 20.8 Å². The number of nitrogens with zero attached hydrogens (tertiary/aromatic N) is 1. The standard InChI is InChI=1S/C17H21FN2O5/c1-8-12(15(22)25-17(2,3)4)13(20-16(23)19-8)9-6-10(18)14(21)11(7-9)24-5/h6-7,12-13,21H,1-5H3,(H,20,23). The maximum absolute atomic E-state index is 14.0. The van der Waals surface area contributed by atoms with Crippen LogP contribution in [0.5, 0.6) is 11.5 Å². The number of aromatic hydroxyl groups is 1. The quantitative estimate of drug-likeness (QED) is 0.815. The third-order valence-electron chi connectivity index (χ3n) is 3.63. The van der Waals surface area contributed by atoms with Crippen LogP contribution in [0.1, 0.15) is 39.3 Å². The Bertz CT molecular complexity index is 739. The number of benzene rings is 1. The number of carbonyl (C=O) groups is 2. The van der Waals surface area contributed by atoms with Crippen LogP contribution in [-0.2, 0) is 9.53 Å². The molecule has 136 valence electrons. The van der Waals surface area contributed by atoms with Gasteiger partial charge >= 0.3 is 12.0 Å². The van der Waals surface area contributed by atoms with Gasteiger partial charge in [0, 0.05) is 5.71 Å². The van der Waals surface area contributed by atoms with E-state index in [4.69, 9.17) is 9.47 Å². The second-order valence-electron chi connectivity index (χ2n) is 6.75. The summed E-state index contributed by atoms with van der Waals surface area (Å²) < 4.78 is 24.3. The minimum Gasteiger partial charge on any atom is -0.502 e. The van der Waals surface area contributed by atoms with Crippen LogP contribution in [0.15, 0.2) is 17.1 Å². The van der Waals surface area contributed by atoms with E-state index < -0.39 is 41.1 Å². The van der Waals surface area contributed by atoms with Gasteiger partial charge in [-0.15, -0.1) is 0 Å². The Kier molecular flexibility index (Phi) is 5.01. The van der Waals surface area contributed by atoms with E-state index in [9.17, 15) is 19.1 Å². The molecule has 1 heterocycles. The van der Waals surface area contributed by atoms with Gasteiger partial charge in [-0.25, -0.2) is 14.2 Å². The summed E-state index contributed by atoms with van der Waals surface area (Å²) in [6.45, 7) is 6.69. The number of urea groups is 1. The number of esters is 1. The number of methoxy groups -OCH3 is 1. The summed E-state index contributed by atoms with van der Waals surface area (Å²) in [4.78, 5) is 28.1. The molecule has 2 atom stereocenters. The fraction of sp³-hybridized carbons (Fsp3) is 0.471. The number of hydrogen-bond donors (Lipinski definition) is 2. The molecule has 0 aromatic heterocycles. The molecule has 8 heteroatoms. The van der Waals surface area contributed by atoms with Gasteiger partial charge in [0.25, 0.3) is 0 Å². The third kappa shape index (κ3) is 4.07. The van der Waals surface area contributed by atoms with Gasteiger partial charge in [0.1, 0.15) is 11.5 Å². The number of aliphatic imine (C=N–C) groups is 1. The van der Waals surface area contributed by atoms with Gasteiger partial charge in [0.05, 0.1) is 13.2 Å². The van der Waals surface area contributed by atoms with Crippen molar-refractivity contribution in [2.45, 2.75) is 39.3 Å². The fourth-order valence-corrected chi connectivity index (χ4v) is 2.60. The van der Waals surface area contributed by atoms with Crippen LogP contribution in [0.4, 0.5) is 9.18 Å². The van der Waals surface area contributed by atoms with Crippen molar-refractivity contribution in [1.29, 1.82) is 0 Å². The topological polar surface area (TPSA) is 97.2 Å². The van der Waals surface area contributed by atoms with Crippen LogP contribution in [0.25, 0.3) is 0 Å². The highest BCUT2D eigenvalue weighted by Gasteiger charge is 2.40. The highest BCUT2D eigenvalue weighted by molar-refractivity contribution is 6.08. The number of amides is 2. The molecule has 0 saturated heterocycles. The Morgan fingerprint density at radius 2 is 2.00 bits per heavy atom. The van der Waals surface area contributed by atoms with Crippen molar-refractivity contribution in [3.63, 3.8) is 0 Å². The molecule has 0 saturated carbocycles. The van der Waals surface area contributed by atoms with Crippen LogP contribution in [-0.4, -0.2) is 35.5 Å². The Labute approximate surface area is 144 Å². The van der Waals surface area contributed by atoms with Gasteiger partial charge in [-0.2, -0.15) is 0 Å². The smallest absolute Gasteiger partial charge is 0.341 e. The zero-order chi connectivity index (χ0) is 18.9. The molecule has 2 rings (SSSR count). The van der Waals surface area contributed by atoms with Crippen molar-refractivity contribution < 1.29 is 28.6 Å². The lowest BCUT2D eigenvalue weighted by Crippen LogP contribution is -2.45. The zero-order valence-corrected chi connectivity index (χ0v) is 14.7. The van der Waals surface area contributed by atoms with Crippen molar-refractivity contribution in [2.24, 2.45) is 10.9 Å². The van der Waals surface area contributed by atoms with Crippen LogP contribution in [0.2, 0.25) is 0 Å². The molecular formula is C17H21FN2O5. The second-order valence-corrected chi connectivity index (χ2v) is 6.75. The Morgan fingerprint density at radius 3 is 2.56 bits per heavy atom. The van der Waals surface area contributed by atoms with Gasteiger partial charge in [-0.05, 0) is 45.4 Å². The highest BCUT2D eigenvalue weighted by Crippen LogP contribution is 2.36.